The summed E-state index contributed by atoms with van der Waals surface area (Å²) in [7, 11) is -3.11. The second-order valence-corrected chi connectivity index (χ2v) is 24.6. The van der Waals surface area contributed by atoms with Gasteiger partial charge in [-0.15, -0.1) is 0 Å². The second kappa shape index (κ2) is 16.9. The number of hydrogen-bond acceptors (Lipinski definition) is 7. The highest BCUT2D eigenvalue weighted by Crippen LogP contribution is 2.76. The third-order valence-corrected chi connectivity index (χ3v) is 21.1. The number of aldehydes is 1. The Morgan fingerprint density at radius 3 is 2.45 bits per heavy atom. The number of alkyl halides is 1. The van der Waals surface area contributed by atoms with E-state index in [2.05, 4.69) is 70.5 Å². The number of nitrogens with zero attached hydrogens (tertiary/aromatic N) is 1. The van der Waals surface area contributed by atoms with E-state index in [0.29, 0.717) is 75.0 Å². The van der Waals surface area contributed by atoms with Crippen molar-refractivity contribution in [2.75, 3.05) is 51.0 Å². The Kier molecular flexibility index (Phi) is 13.0. The summed E-state index contributed by atoms with van der Waals surface area (Å²) >= 11 is 0. The molecule has 2 N–H and O–H groups in total. The Morgan fingerprint density at radius 1 is 1.03 bits per heavy atom. The van der Waals surface area contributed by atoms with Crippen LogP contribution in [-0.4, -0.2) is 93.3 Å². The third kappa shape index (κ3) is 7.67. The van der Waals surface area contributed by atoms with E-state index in [1.54, 1.807) is 0 Å². The molecule has 0 radical (unpaired) electrons. The number of carbonyl (C=O) groups is 2. The van der Waals surface area contributed by atoms with E-state index in [1.807, 2.05) is 6.92 Å². The van der Waals surface area contributed by atoms with Gasteiger partial charge < -0.3 is 20.0 Å². The number of fused-ring (bicyclic) bond motifs is 7. The van der Waals surface area contributed by atoms with Gasteiger partial charge in [0.15, 0.2) is 9.84 Å². The van der Waals surface area contributed by atoms with Gasteiger partial charge in [-0.3, -0.25) is 9.69 Å². The van der Waals surface area contributed by atoms with Crippen LogP contribution in [0.5, 0.6) is 0 Å². The molecule has 7 rings (SSSR count). The largest absolute Gasteiger partial charge is 0.481 e. The first kappa shape index (κ1) is 46.1. The topological polar surface area (TPSA) is 113 Å². The van der Waals surface area contributed by atoms with E-state index in [4.69, 9.17) is 4.74 Å². The van der Waals surface area contributed by atoms with Crippen LogP contribution in [0.2, 0.25) is 0 Å². The smallest absolute Gasteiger partial charge is 0.312 e. The van der Waals surface area contributed by atoms with Crippen molar-refractivity contribution in [2.45, 2.75) is 150 Å². The highest BCUT2D eigenvalue weighted by Gasteiger charge is 2.70. The molecular weight excluding hydrogens is 776 g/mol. The molecular formula is C50H79FN2O6S. The Bertz CT molecular complexity index is 1830. The lowest BCUT2D eigenvalue weighted by molar-refractivity contribution is -0.221. The van der Waals surface area contributed by atoms with E-state index >= 15 is 0 Å². The van der Waals surface area contributed by atoms with Gasteiger partial charge in [-0.05, 0) is 166 Å². The molecule has 10 heteroatoms. The maximum Gasteiger partial charge on any atom is 0.312 e. The molecule has 8 nitrogen and oxygen atoms in total. The van der Waals surface area contributed by atoms with Gasteiger partial charge >= 0.3 is 5.97 Å². The maximum absolute atomic E-state index is 14.1. The third-order valence-electron chi connectivity index (χ3n) is 19.4. The van der Waals surface area contributed by atoms with Gasteiger partial charge in [0, 0.05) is 43.7 Å². The Balaban J connectivity index is 1.09. The van der Waals surface area contributed by atoms with Gasteiger partial charge in [-0.1, -0.05) is 58.9 Å². The van der Waals surface area contributed by atoms with Gasteiger partial charge in [-0.25, -0.2) is 12.8 Å². The number of halogens is 1. The maximum atomic E-state index is 14.1. The zero-order valence-electron chi connectivity index (χ0n) is 38.3. The Morgan fingerprint density at radius 2 is 1.80 bits per heavy atom. The van der Waals surface area contributed by atoms with E-state index in [9.17, 15) is 27.5 Å². The fourth-order valence-electron chi connectivity index (χ4n) is 15.9. The van der Waals surface area contributed by atoms with Crippen LogP contribution in [0, 0.1) is 62.6 Å². The number of carboxylic acid groups (broad SMARTS) is 1. The van der Waals surface area contributed by atoms with Crippen molar-refractivity contribution in [1.29, 1.82) is 0 Å². The lowest BCUT2D eigenvalue weighted by Crippen LogP contribution is -2.68. The van der Waals surface area contributed by atoms with Crippen molar-refractivity contribution in [2.24, 2.45) is 62.6 Å². The molecule has 60 heavy (non-hydrogen) atoms. The number of aliphatic carboxylic acids is 1. The molecule has 1 saturated heterocycles. The second-order valence-electron chi connectivity index (χ2n) is 22.4. The molecule has 6 aliphatic carbocycles. The van der Waals surface area contributed by atoms with Gasteiger partial charge in [0.1, 0.15) is 13.0 Å². The van der Waals surface area contributed by atoms with E-state index < -0.39 is 27.9 Å². The minimum atomic E-state index is -3.11. The molecule has 0 aromatic rings. The van der Waals surface area contributed by atoms with E-state index in [1.165, 1.54) is 55.2 Å². The van der Waals surface area contributed by atoms with E-state index in [-0.39, 0.29) is 57.1 Å². The summed E-state index contributed by atoms with van der Waals surface area (Å²) in [4.78, 5) is 26.2. The van der Waals surface area contributed by atoms with Crippen molar-refractivity contribution < 1.29 is 32.2 Å². The summed E-state index contributed by atoms with van der Waals surface area (Å²) in [5.74, 6) is 1.90. The molecule has 2 unspecified atom stereocenters. The summed E-state index contributed by atoms with van der Waals surface area (Å²) < 4.78 is 45.3. The predicted octanol–water partition coefficient (Wildman–Crippen LogP) is 9.40. The fourth-order valence-corrected chi connectivity index (χ4v) is 17.6. The zero-order valence-corrected chi connectivity index (χ0v) is 39.1. The van der Waals surface area contributed by atoms with Crippen LogP contribution in [0.3, 0.4) is 0 Å². The molecule has 0 aromatic carbocycles. The number of nitrogens with one attached hydrogen (secondary N) is 1. The summed E-state index contributed by atoms with van der Waals surface area (Å²) in [5, 5.41) is 14.1. The Labute approximate surface area is 362 Å². The molecule has 0 spiro atoms. The van der Waals surface area contributed by atoms with Crippen LogP contribution >= 0.6 is 0 Å². The van der Waals surface area contributed by atoms with Crippen LogP contribution in [-0.2, 0) is 24.2 Å². The molecule has 12 atom stereocenters. The summed E-state index contributed by atoms with van der Waals surface area (Å²) in [6, 6.07) is -0.0797. The van der Waals surface area contributed by atoms with Gasteiger partial charge in [0.05, 0.1) is 23.5 Å². The molecule has 338 valence electrons. The summed E-state index contributed by atoms with van der Waals surface area (Å²) in [5.41, 5.74) is 3.27. The van der Waals surface area contributed by atoms with E-state index in [0.717, 1.165) is 38.6 Å². The highest BCUT2D eigenvalue weighted by molar-refractivity contribution is 7.91. The van der Waals surface area contributed by atoms with Crippen LogP contribution < -0.4 is 5.32 Å². The van der Waals surface area contributed by atoms with Crippen LogP contribution in [0.25, 0.3) is 0 Å². The average Bonchev–Trinajstić information content (AvgIpc) is 3.59. The standard InChI is InChI=1S/C50H79FN2O6S/c1-9-59-31-35(30-54)10-11-37-32-60(57,58)29-28-53(37)27-26-52-50-23-16-38(34(2)3)43(50)40-12-13-42-46(6)19-17-39(36-14-21-49(33-51,22-15-36)44(55)56)45(4,5)41(46)18-20-48(42,8)47(40,7)24-25-50/h14,17,30,35,37-38,40-43,52H,2,9-13,15-16,18-29,31-33H2,1,3-8H3,(H,55,56)/t35?,37?,38-,40+,41-,42+,43+,46-,47+,48+,49+,50-/m0/s1. The van der Waals surface area contributed by atoms with Crippen LogP contribution in [0.15, 0.2) is 35.5 Å². The average molecular weight is 855 g/mol. The fraction of sp³-hybridized carbons (Fsp3) is 0.840. The summed E-state index contributed by atoms with van der Waals surface area (Å²) in [6.45, 7) is 24.0. The minimum Gasteiger partial charge on any atom is -0.481 e. The quantitative estimate of drug-likeness (QED) is 0.124. The first-order valence-corrected chi connectivity index (χ1v) is 25.7. The van der Waals surface area contributed by atoms with Gasteiger partial charge in [0.2, 0.25) is 0 Å². The molecule has 1 heterocycles. The van der Waals surface area contributed by atoms with Crippen LogP contribution in [0.4, 0.5) is 4.39 Å². The lowest BCUT2D eigenvalue weighted by Gasteiger charge is -2.72. The number of hydrogen-bond donors (Lipinski definition) is 2. The number of sulfone groups is 1. The van der Waals surface area contributed by atoms with Gasteiger partial charge in [0.25, 0.3) is 0 Å². The highest BCUT2D eigenvalue weighted by atomic mass is 32.2. The molecule has 0 aromatic heterocycles. The first-order valence-electron chi connectivity index (χ1n) is 23.8. The van der Waals surface area contributed by atoms with Crippen molar-refractivity contribution in [3.05, 3.63) is 35.5 Å². The minimum absolute atomic E-state index is 0.0454. The van der Waals surface area contributed by atoms with Crippen LogP contribution in [0.1, 0.15) is 138 Å². The van der Waals surface area contributed by atoms with Crippen molar-refractivity contribution >= 4 is 22.1 Å². The zero-order chi connectivity index (χ0) is 43.5. The first-order chi connectivity index (χ1) is 28.3. The number of rotatable bonds is 15. The number of carboxylic acids is 1. The predicted molar refractivity (Wildman–Crippen MR) is 238 cm³/mol. The number of allylic oxidation sites excluding steroid dienone is 5. The van der Waals surface area contributed by atoms with Crippen molar-refractivity contribution in [3.63, 3.8) is 0 Å². The SMILES string of the molecule is C=C(C)[C@@H]1CC[C@]2(NCCN3CCS(=O)(=O)CC3CCC(C=O)COCC)CC[C@]3(C)[C@H](CC[C@@H]4[C@@]5(C)CC=C(C6=CC[C@@](CF)(C(=O)O)CC6)C(C)(C)[C@@H]5CC[C@]43C)[C@@H]12. The number of carbonyl (C=O) groups excluding carboxylic acids is 1. The molecule has 7 aliphatic rings. The normalized spacial score (nSPS) is 42.7. The molecule has 5 fully saturated rings. The molecule has 4 saturated carbocycles. The molecule has 0 bridgehead atoms. The van der Waals surface area contributed by atoms with Crippen molar-refractivity contribution in [1.82, 2.24) is 10.2 Å². The summed E-state index contributed by atoms with van der Waals surface area (Å²) in [6.07, 6.45) is 18.8. The number of ether oxygens (including phenoxy) is 1. The van der Waals surface area contributed by atoms with Crippen molar-refractivity contribution in [3.8, 4) is 0 Å². The molecule has 1 aliphatic heterocycles. The lowest BCUT2D eigenvalue weighted by atomic mass is 9.33. The molecule has 0 amide bonds. The van der Waals surface area contributed by atoms with Gasteiger partial charge in [-0.2, -0.15) is 0 Å². The Hall–Kier alpha value is -1.88. The monoisotopic (exact) mass is 855 g/mol.